The van der Waals surface area contributed by atoms with Crippen LogP contribution in [0.25, 0.3) is 0 Å². The van der Waals surface area contributed by atoms with Crippen molar-refractivity contribution in [2.45, 2.75) is 52.1 Å². The molecule has 0 bridgehead atoms. The predicted molar refractivity (Wildman–Crippen MR) is 82.1 cm³/mol. The molecule has 2 unspecified atom stereocenters. The molecular formula is C15H26N4O. The summed E-state index contributed by atoms with van der Waals surface area (Å²) in [6.07, 6.45) is 4.86. The standard InChI is InChI=1S/C15H26N4O/c1-4-13-18-14(16-3)10(2)15(19-13)17-9-11-6-5-7-12(20)8-11/h11-12,20H,4-9H2,1-3H3,(H2,16,17,18,19). The second kappa shape index (κ2) is 6.88. The Bertz CT molecular complexity index is 450. The number of aliphatic hydroxyl groups excluding tert-OH is 1. The molecule has 3 N–H and O–H groups in total. The first kappa shape index (κ1) is 15.0. The monoisotopic (exact) mass is 278 g/mol. The molecule has 0 amide bonds. The molecule has 2 atom stereocenters. The average molecular weight is 278 g/mol. The van der Waals surface area contributed by atoms with Crippen LogP contribution in [-0.4, -0.2) is 34.8 Å². The first-order chi connectivity index (χ1) is 9.63. The van der Waals surface area contributed by atoms with Gasteiger partial charge in [0.2, 0.25) is 0 Å². The molecule has 112 valence electrons. The molecule has 5 heteroatoms. The maximum atomic E-state index is 9.73. The van der Waals surface area contributed by atoms with Gasteiger partial charge in [0.1, 0.15) is 17.5 Å². The van der Waals surface area contributed by atoms with Gasteiger partial charge in [0.15, 0.2) is 0 Å². The van der Waals surface area contributed by atoms with Crippen molar-refractivity contribution in [2.24, 2.45) is 5.92 Å². The summed E-state index contributed by atoms with van der Waals surface area (Å²) in [6, 6.07) is 0. The van der Waals surface area contributed by atoms with E-state index in [0.29, 0.717) is 5.92 Å². The van der Waals surface area contributed by atoms with Crippen molar-refractivity contribution >= 4 is 11.6 Å². The van der Waals surface area contributed by atoms with Gasteiger partial charge in [-0.3, -0.25) is 0 Å². The van der Waals surface area contributed by atoms with Gasteiger partial charge in [-0.2, -0.15) is 0 Å². The van der Waals surface area contributed by atoms with E-state index in [-0.39, 0.29) is 6.10 Å². The normalized spacial score (nSPS) is 22.6. The van der Waals surface area contributed by atoms with Gasteiger partial charge < -0.3 is 15.7 Å². The van der Waals surface area contributed by atoms with E-state index in [1.807, 2.05) is 14.0 Å². The molecule has 5 nitrogen and oxygen atoms in total. The highest BCUT2D eigenvalue weighted by Crippen LogP contribution is 2.26. The number of hydrogen-bond donors (Lipinski definition) is 3. The summed E-state index contributed by atoms with van der Waals surface area (Å²) >= 11 is 0. The van der Waals surface area contributed by atoms with Crippen LogP contribution in [-0.2, 0) is 6.42 Å². The zero-order valence-corrected chi connectivity index (χ0v) is 12.7. The van der Waals surface area contributed by atoms with E-state index in [0.717, 1.165) is 55.3 Å². The molecule has 2 rings (SSSR count). The molecule has 1 aromatic heterocycles. The Morgan fingerprint density at radius 2 is 2.00 bits per heavy atom. The lowest BCUT2D eigenvalue weighted by Gasteiger charge is -2.26. The van der Waals surface area contributed by atoms with Crippen molar-refractivity contribution in [3.63, 3.8) is 0 Å². The quantitative estimate of drug-likeness (QED) is 0.771. The highest BCUT2D eigenvalue weighted by Gasteiger charge is 2.20. The first-order valence-corrected chi connectivity index (χ1v) is 7.61. The van der Waals surface area contributed by atoms with Crippen LogP contribution in [0.4, 0.5) is 11.6 Å². The molecule has 1 aliphatic rings. The van der Waals surface area contributed by atoms with E-state index in [2.05, 4.69) is 27.5 Å². The minimum atomic E-state index is -0.124. The van der Waals surface area contributed by atoms with E-state index in [1.165, 1.54) is 6.42 Å². The SMILES string of the molecule is CCc1nc(NC)c(C)c(NCC2CCCC(O)C2)n1. The number of aryl methyl sites for hydroxylation is 1. The third-order valence-corrected chi connectivity index (χ3v) is 4.06. The molecule has 1 saturated carbocycles. The van der Waals surface area contributed by atoms with E-state index < -0.39 is 0 Å². The molecule has 0 aliphatic heterocycles. The molecule has 1 fully saturated rings. The number of aliphatic hydroxyl groups is 1. The minimum Gasteiger partial charge on any atom is -0.393 e. The van der Waals surface area contributed by atoms with E-state index in [4.69, 9.17) is 0 Å². The van der Waals surface area contributed by atoms with E-state index >= 15 is 0 Å². The van der Waals surface area contributed by atoms with Crippen LogP contribution in [0.5, 0.6) is 0 Å². The van der Waals surface area contributed by atoms with Crippen LogP contribution < -0.4 is 10.6 Å². The summed E-state index contributed by atoms with van der Waals surface area (Å²) in [7, 11) is 1.88. The van der Waals surface area contributed by atoms with E-state index in [9.17, 15) is 5.11 Å². The van der Waals surface area contributed by atoms with Crippen LogP contribution in [0, 0.1) is 12.8 Å². The number of anilines is 2. The Morgan fingerprint density at radius 3 is 2.65 bits per heavy atom. The summed E-state index contributed by atoms with van der Waals surface area (Å²) in [5.74, 6) is 3.20. The molecule has 0 spiro atoms. The summed E-state index contributed by atoms with van der Waals surface area (Å²) in [5, 5.41) is 16.3. The maximum absolute atomic E-state index is 9.73. The van der Waals surface area contributed by atoms with Crippen molar-refractivity contribution in [3.8, 4) is 0 Å². The molecule has 0 saturated heterocycles. The smallest absolute Gasteiger partial charge is 0.134 e. The number of nitrogens with zero attached hydrogens (tertiary/aromatic N) is 2. The van der Waals surface area contributed by atoms with Crippen molar-refractivity contribution in [1.82, 2.24) is 9.97 Å². The van der Waals surface area contributed by atoms with Gasteiger partial charge in [-0.05, 0) is 32.1 Å². The molecule has 1 aliphatic carbocycles. The number of aromatic nitrogens is 2. The fourth-order valence-corrected chi connectivity index (χ4v) is 2.83. The van der Waals surface area contributed by atoms with Gasteiger partial charge in [-0.1, -0.05) is 13.3 Å². The van der Waals surface area contributed by atoms with Crippen LogP contribution >= 0.6 is 0 Å². The lowest BCUT2D eigenvalue weighted by atomic mass is 9.87. The molecule has 1 heterocycles. The first-order valence-electron chi connectivity index (χ1n) is 7.61. The van der Waals surface area contributed by atoms with Crippen LogP contribution in [0.2, 0.25) is 0 Å². The second-order valence-electron chi connectivity index (χ2n) is 5.63. The van der Waals surface area contributed by atoms with Crippen molar-refractivity contribution < 1.29 is 5.11 Å². The van der Waals surface area contributed by atoms with Gasteiger partial charge in [-0.15, -0.1) is 0 Å². The molecule has 0 radical (unpaired) electrons. The Morgan fingerprint density at radius 1 is 1.25 bits per heavy atom. The number of rotatable bonds is 5. The number of hydrogen-bond acceptors (Lipinski definition) is 5. The zero-order valence-electron chi connectivity index (χ0n) is 12.7. The number of nitrogens with one attached hydrogen (secondary N) is 2. The molecule has 1 aromatic rings. The van der Waals surface area contributed by atoms with Gasteiger partial charge in [0.05, 0.1) is 6.10 Å². The van der Waals surface area contributed by atoms with Gasteiger partial charge in [0.25, 0.3) is 0 Å². The lowest BCUT2D eigenvalue weighted by Crippen LogP contribution is -2.25. The summed E-state index contributed by atoms with van der Waals surface area (Å²) < 4.78 is 0. The Hall–Kier alpha value is -1.36. The summed E-state index contributed by atoms with van der Waals surface area (Å²) in [6.45, 7) is 4.97. The largest absolute Gasteiger partial charge is 0.393 e. The topological polar surface area (TPSA) is 70.1 Å². The van der Waals surface area contributed by atoms with Crippen LogP contribution in [0.3, 0.4) is 0 Å². The fraction of sp³-hybridized carbons (Fsp3) is 0.733. The van der Waals surface area contributed by atoms with Gasteiger partial charge >= 0.3 is 0 Å². The van der Waals surface area contributed by atoms with Crippen LogP contribution in [0.15, 0.2) is 0 Å². The Labute approximate surface area is 121 Å². The van der Waals surface area contributed by atoms with Gasteiger partial charge in [-0.25, -0.2) is 9.97 Å². The zero-order chi connectivity index (χ0) is 14.5. The molecule has 0 aromatic carbocycles. The Balaban J connectivity index is 2.04. The summed E-state index contributed by atoms with van der Waals surface area (Å²) in [4.78, 5) is 9.05. The average Bonchev–Trinajstić information content (AvgIpc) is 2.46. The van der Waals surface area contributed by atoms with Gasteiger partial charge in [0, 0.05) is 25.6 Å². The lowest BCUT2D eigenvalue weighted by molar-refractivity contribution is 0.104. The Kier molecular flexibility index (Phi) is 5.17. The van der Waals surface area contributed by atoms with Crippen molar-refractivity contribution in [2.75, 3.05) is 24.2 Å². The summed E-state index contributed by atoms with van der Waals surface area (Å²) in [5.41, 5.74) is 1.06. The van der Waals surface area contributed by atoms with Crippen molar-refractivity contribution in [3.05, 3.63) is 11.4 Å². The fourth-order valence-electron chi connectivity index (χ4n) is 2.83. The minimum absolute atomic E-state index is 0.124. The maximum Gasteiger partial charge on any atom is 0.134 e. The predicted octanol–water partition coefficient (Wildman–Crippen LogP) is 2.35. The van der Waals surface area contributed by atoms with Crippen LogP contribution in [0.1, 0.15) is 44.0 Å². The highest BCUT2D eigenvalue weighted by molar-refractivity contribution is 5.57. The van der Waals surface area contributed by atoms with Crippen molar-refractivity contribution in [1.29, 1.82) is 0 Å². The highest BCUT2D eigenvalue weighted by atomic mass is 16.3. The third kappa shape index (κ3) is 3.60. The molecular weight excluding hydrogens is 252 g/mol. The van der Waals surface area contributed by atoms with E-state index in [1.54, 1.807) is 0 Å². The third-order valence-electron chi connectivity index (χ3n) is 4.06. The molecule has 20 heavy (non-hydrogen) atoms. The second-order valence-corrected chi connectivity index (χ2v) is 5.63.